The van der Waals surface area contributed by atoms with Crippen LogP contribution in [0, 0.1) is 0 Å². The van der Waals surface area contributed by atoms with E-state index in [4.69, 9.17) is 11.6 Å². The van der Waals surface area contributed by atoms with Crippen molar-refractivity contribution < 1.29 is 9.59 Å². The van der Waals surface area contributed by atoms with Crippen LogP contribution in [-0.2, 0) is 0 Å². The molecule has 0 saturated carbocycles. The first-order chi connectivity index (χ1) is 14.5. The third kappa shape index (κ3) is 4.14. The van der Waals surface area contributed by atoms with Crippen LogP contribution >= 0.6 is 11.6 Å². The number of anilines is 1. The van der Waals surface area contributed by atoms with Gasteiger partial charge in [0.1, 0.15) is 0 Å². The molecule has 148 valence electrons. The molecule has 1 N–H and O–H groups in total. The second-order valence-electron chi connectivity index (χ2n) is 6.60. The van der Waals surface area contributed by atoms with Gasteiger partial charge in [-0.15, -0.1) is 5.10 Å². The molecule has 0 atom stereocenters. The van der Waals surface area contributed by atoms with E-state index in [2.05, 4.69) is 15.4 Å². The van der Waals surface area contributed by atoms with Crippen molar-refractivity contribution in [2.24, 2.45) is 0 Å². The molecule has 0 fully saturated rings. The molecular weight excluding hydrogens is 400 g/mol. The lowest BCUT2D eigenvalue weighted by molar-refractivity contribution is 0.100. The Kier molecular flexibility index (Phi) is 5.41. The molecular formula is C23H17ClN4O2. The van der Waals surface area contributed by atoms with Crippen molar-refractivity contribution in [2.45, 2.75) is 6.92 Å². The Morgan fingerprint density at radius 1 is 0.933 bits per heavy atom. The van der Waals surface area contributed by atoms with Gasteiger partial charge in [0.25, 0.3) is 5.91 Å². The van der Waals surface area contributed by atoms with Crippen LogP contribution in [0.5, 0.6) is 0 Å². The molecule has 0 spiro atoms. The zero-order valence-electron chi connectivity index (χ0n) is 16.0. The van der Waals surface area contributed by atoms with Crippen LogP contribution in [0.4, 0.5) is 5.69 Å². The van der Waals surface area contributed by atoms with Crippen LogP contribution in [-0.4, -0.2) is 26.5 Å². The zero-order chi connectivity index (χ0) is 21.1. The lowest BCUT2D eigenvalue weighted by Crippen LogP contribution is -2.14. The minimum Gasteiger partial charge on any atom is -0.319 e. The van der Waals surface area contributed by atoms with Crippen LogP contribution in [0.15, 0.2) is 78.9 Å². The van der Waals surface area contributed by atoms with E-state index >= 15 is 0 Å². The number of rotatable bonds is 5. The van der Waals surface area contributed by atoms with Crippen molar-refractivity contribution in [1.29, 1.82) is 0 Å². The normalized spacial score (nSPS) is 10.6. The highest BCUT2D eigenvalue weighted by atomic mass is 35.5. The van der Waals surface area contributed by atoms with E-state index in [1.165, 1.54) is 6.92 Å². The van der Waals surface area contributed by atoms with E-state index in [0.717, 1.165) is 11.3 Å². The highest BCUT2D eigenvalue weighted by Crippen LogP contribution is 2.23. The maximum absolute atomic E-state index is 12.8. The van der Waals surface area contributed by atoms with Crippen molar-refractivity contribution >= 4 is 29.0 Å². The van der Waals surface area contributed by atoms with Gasteiger partial charge in [-0.25, -0.2) is 9.67 Å². The van der Waals surface area contributed by atoms with Gasteiger partial charge in [0, 0.05) is 21.8 Å². The van der Waals surface area contributed by atoms with Gasteiger partial charge < -0.3 is 5.32 Å². The lowest BCUT2D eigenvalue weighted by atomic mass is 10.1. The number of ketones is 1. The molecule has 4 aromatic rings. The summed E-state index contributed by atoms with van der Waals surface area (Å²) in [5.74, 6) is -0.0132. The first-order valence-corrected chi connectivity index (χ1v) is 9.60. The Balaban J connectivity index is 1.72. The van der Waals surface area contributed by atoms with Crippen molar-refractivity contribution in [3.63, 3.8) is 0 Å². The predicted octanol–water partition coefficient (Wildman–Crippen LogP) is 5.04. The number of nitrogens with zero attached hydrogens (tertiary/aromatic N) is 3. The summed E-state index contributed by atoms with van der Waals surface area (Å²) in [5.41, 5.74) is 2.55. The Morgan fingerprint density at radius 2 is 1.67 bits per heavy atom. The second kappa shape index (κ2) is 8.31. The minimum atomic E-state index is -0.472. The molecule has 0 aliphatic heterocycles. The van der Waals surface area contributed by atoms with Crippen LogP contribution in [0.2, 0.25) is 5.02 Å². The van der Waals surface area contributed by atoms with Crippen molar-refractivity contribution in [3.05, 3.63) is 95.3 Å². The Bertz CT molecular complexity index is 1220. The van der Waals surface area contributed by atoms with Crippen molar-refractivity contribution in [3.8, 4) is 17.1 Å². The van der Waals surface area contributed by atoms with Gasteiger partial charge >= 0.3 is 0 Å². The van der Waals surface area contributed by atoms with E-state index in [0.29, 0.717) is 22.1 Å². The van der Waals surface area contributed by atoms with Gasteiger partial charge in [-0.05, 0) is 43.3 Å². The number of carbonyl (C=O) groups excluding carboxylic acids is 2. The predicted molar refractivity (Wildman–Crippen MR) is 116 cm³/mol. The summed E-state index contributed by atoms with van der Waals surface area (Å²) in [6.45, 7) is 1.47. The molecule has 1 aromatic heterocycles. The first-order valence-electron chi connectivity index (χ1n) is 9.22. The molecule has 4 rings (SSSR count). The number of hydrogen-bond donors (Lipinski definition) is 1. The molecule has 3 aromatic carbocycles. The van der Waals surface area contributed by atoms with Gasteiger partial charge in [0.05, 0.1) is 5.69 Å². The monoisotopic (exact) mass is 416 g/mol. The van der Waals surface area contributed by atoms with Gasteiger partial charge in [-0.2, -0.15) is 0 Å². The third-order valence-electron chi connectivity index (χ3n) is 4.44. The molecule has 0 saturated heterocycles. The van der Waals surface area contributed by atoms with Gasteiger partial charge in [-0.1, -0.05) is 54.1 Å². The number of halogens is 1. The fraction of sp³-hybridized carbons (Fsp3) is 0.0435. The highest BCUT2D eigenvalue weighted by Gasteiger charge is 2.19. The standard InChI is InChI=1S/C23H17ClN4O2/c1-15(29)17-8-5-9-19(14-17)25-23(30)21-26-22(16-6-3-2-4-7-16)28(27-21)20-12-10-18(24)11-13-20/h2-14H,1H3,(H,25,30). The van der Waals surface area contributed by atoms with Gasteiger partial charge in [-0.3, -0.25) is 9.59 Å². The SMILES string of the molecule is CC(=O)c1cccc(NC(=O)c2nc(-c3ccccc3)n(-c3ccc(Cl)cc3)n2)c1. The van der Waals surface area contributed by atoms with E-state index in [-0.39, 0.29) is 11.6 Å². The second-order valence-corrected chi connectivity index (χ2v) is 7.04. The highest BCUT2D eigenvalue weighted by molar-refractivity contribution is 6.30. The third-order valence-corrected chi connectivity index (χ3v) is 4.69. The van der Waals surface area contributed by atoms with E-state index in [1.807, 2.05) is 42.5 Å². The minimum absolute atomic E-state index is 0.0111. The Hall–Kier alpha value is -3.77. The molecule has 0 aliphatic rings. The smallest absolute Gasteiger partial charge is 0.295 e. The number of Topliss-reactive ketones (excluding diaryl/α,β-unsaturated/α-hetero) is 1. The average molecular weight is 417 g/mol. The van der Waals surface area contributed by atoms with E-state index < -0.39 is 5.91 Å². The quantitative estimate of drug-likeness (QED) is 0.462. The lowest BCUT2D eigenvalue weighted by Gasteiger charge is -2.05. The van der Waals surface area contributed by atoms with Crippen molar-refractivity contribution in [1.82, 2.24) is 14.8 Å². The van der Waals surface area contributed by atoms with Crippen LogP contribution < -0.4 is 5.32 Å². The summed E-state index contributed by atoms with van der Waals surface area (Å²) in [7, 11) is 0. The number of aromatic nitrogens is 3. The summed E-state index contributed by atoms with van der Waals surface area (Å²) >= 11 is 6.00. The van der Waals surface area contributed by atoms with Gasteiger partial charge in [0.15, 0.2) is 11.6 Å². The Labute approximate surface area is 178 Å². The fourth-order valence-electron chi connectivity index (χ4n) is 2.95. The topological polar surface area (TPSA) is 76.9 Å². The summed E-state index contributed by atoms with van der Waals surface area (Å²) in [4.78, 5) is 28.9. The van der Waals surface area contributed by atoms with Gasteiger partial charge in [0.2, 0.25) is 5.82 Å². The molecule has 0 radical (unpaired) electrons. The van der Waals surface area contributed by atoms with E-state index in [9.17, 15) is 9.59 Å². The number of hydrogen-bond acceptors (Lipinski definition) is 4. The molecule has 1 amide bonds. The average Bonchev–Trinajstić information content (AvgIpc) is 3.21. The number of benzene rings is 3. The number of carbonyl (C=O) groups is 2. The van der Waals surface area contributed by atoms with Crippen LogP contribution in [0.25, 0.3) is 17.1 Å². The summed E-state index contributed by atoms with van der Waals surface area (Å²) in [5, 5.41) is 7.78. The van der Waals surface area contributed by atoms with Crippen LogP contribution in [0.3, 0.4) is 0 Å². The Morgan fingerprint density at radius 3 is 2.37 bits per heavy atom. The van der Waals surface area contributed by atoms with Crippen molar-refractivity contribution in [2.75, 3.05) is 5.32 Å². The van der Waals surface area contributed by atoms with E-state index in [1.54, 1.807) is 41.1 Å². The maximum atomic E-state index is 12.8. The molecule has 30 heavy (non-hydrogen) atoms. The molecule has 0 bridgehead atoms. The van der Waals surface area contributed by atoms with Crippen LogP contribution in [0.1, 0.15) is 27.9 Å². The summed E-state index contributed by atoms with van der Waals surface area (Å²) in [6, 6.07) is 23.3. The molecule has 6 nitrogen and oxygen atoms in total. The first kappa shape index (κ1) is 19.5. The molecule has 0 unspecified atom stereocenters. The maximum Gasteiger partial charge on any atom is 0.295 e. The number of amides is 1. The summed E-state index contributed by atoms with van der Waals surface area (Å²) < 4.78 is 1.60. The molecule has 7 heteroatoms. The number of nitrogens with one attached hydrogen (secondary N) is 1. The molecule has 0 aliphatic carbocycles. The fourth-order valence-corrected chi connectivity index (χ4v) is 3.07. The zero-order valence-corrected chi connectivity index (χ0v) is 16.8. The summed E-state index contributed by atoms with van der Waals surface area (Å²) in [6.07, 6.45) is 0. The molecule has 1 heterocycles. The largest absolute Gasteiger partial charge is 0.319 e.